The molecule has 8 nitrogen and oxygen atoms in total. The van der Waals surface area contributed by atoms with E-state index in [1.54, 1.807) is 4.83 Å². The molecule has 0 saturated carbocycles. The Morgan fingerprint density at radius 1 is 1.36 bits per heavy atom. The molecule has 0 spiro atoms. The van der Waals surface area contributed by atoms with Crippen LogP contribution in [0.5, 0.6) is 0 Å². The molecule has 22 heavy (non-hydrogen) atoms. The molecule has 1 aromatic heterocycles. The van der Waals surface area contributed by atoms with Gasteiger partial charge in [0.25, 0.3) is 16.8 Å². The molecule has 0 amide bonds. The van der Waals surface area contributed by atoms with Crippen LogP contribution in [0, 0.1) is 0 Å². The molecule has 0 radical (unpaired) electrons. The number of hydrogen-bond acceptors (Lipinski definition) is 4. The Morgan fingerprint density at radius 3 is 2.50 bits per heavy atom. The molecule has 0 aliphatic carbocycles. The zero-order chi connectivity index (χ0) is 16.7. The molecule has 1 unspecified atom stereocenters. The van der Waals surface area contributed by atoms with Crippen LogP contribution in [0.15, 0.2) is 21.7 Å². The summed E-state index contributed by atoms with van der Waals surface area (Å²) in [5, 5.41) is -0.286. The fourth-order valence-electron chi connectivity index (χ4n) is 1.90. The molecule has 0 bridgehead atoms. The largest absolute Gasteiger partial charge is 0.416 e. The first kappa shape index (κ1) is 16.2. The van der Waals surface area contributed by atoms with Crippen LogP contribution in [-0.4, -0.2) is 18.4 Å². The van der Waals surface area contributed by atoms with Gasteiger partial charge in [0.2, 0.25) is 0 Å². The summed E-state index contributed by atoms with van der Waals surface area (Å²) in [5.74, 6) is 0. The number of nitrogens with zero attached hydrogens (tertiary/aromatic N) is 1. The van der Waals surface area contributed by atoms with Gasteiger partial charge in [-0.3, -0.25) is 9.35 Å². The summed E-state index contributed by atoms with van der Waals surface area (Å²) in [6.07, 6.45) is -4.71. The molecule has 12 heteroatoms. The Morgan fingerprint density at radius 2 is 2.00 bits per heavy atom. The first-order chi connectivity index (χ1) is 10.1. The van der Waals surface area contributed by atoms with E-state index in [1.807, 2.05) is 4.98 Å². The van der Waals surface area contributed by atoms with Crippen LogP contribution in [0.3, 0.4) is 0 Å². The Labute approximate surface area is 122 Å². The SMILES string of the molecule is NCc1cc2c(=O)n(NS(=O)O)c(=O)[nH]c2cc1C(F)(F)F. The molecule has 0 aliphatic rings. The van der Waals surface area contributed by atoms with Crippen molar-refractivity contribution in [3.63, 3.8) is 0 Å². The highest BCUT2D eigenvalue weighted by molar-refractivity contribution is 7.80. The lowest BCUT2D eigenvalue weighted by molar-refractivity contribution is -0.138. The number of hydrogen-bond donors (Lipinski definition) is 4. The third kappa shape index (κ3) is 2.88. The molecule has 0 saturated heterocycles. The van der Waals surface area contributed by atoms with Crippen molar-refractivity contribution in [1.29, 1.82) is 0 Å². The lowest BCUT2D eigenvalue weighted by Crippen LogP contribution is -2.42. The first-order valence-electron chi connectivity index (χ1n) is 5.62. The number of fused-ring (bicyclic) bond motifs is 1. The number of aromatic nitrogens is 2. The van der Waals surface area contributed by atoms with Gasteiger partial charge >= 0.3 is 11.9 Å². The van der Waals surface area contributed by atoms with Crippen LogP contribution in [0.4, 0.5) is 13.2 Å². The van der Waals surface area contributed by atoms with E-state index >= 15 is 0 Å². The van der Waals surface area contributed by atoms with Crippen molar-refractivity contribution >= 4 is 22.2 Å². The minimum Gasteiger partial charge on any atom is -0.326 e. The van der Waals surface area contributed by atoms with Gasteiger partial charge in [-0.15, -0.1) is 0 Å². The molecular formula is C10H9F3N4O4S. The van der Waals surface area contributed by atoms with Crippen molar-refractivity contribution in [3.05, 3.63) is 44.1 Å². The molecular weight excluding hydrogens is 329 g/mol. The number of nitrogens with one attached hydrogen (secondary N) is 2. The smallest absolute Gasteiger partial charge is 0.326 e. The molecule has 2 aromatic rings. The monoisotopic (exact) mass is 338 g/mol. The van der Waals surface area contributed by atoms with Crippen LogP contribution in [0.2, 0.25) is 0 Å². The molecule has 0 fully saturated rings. The lowest BCUT2D eigenvalue weighted by atomic mass is 10.0. The third-order valence-electron chi connectivity index (χ3n) is 2.82. The topological polar surface area (TPSA) is 130 Å². The van der Waals surface area contributed by atoms with Crippen molar-refractivity contribution in [3.8, 4) is 0 Å². The molecule has 1 atom stereocenters. The summed E-state index contributed by atoms with van der Waals surface area (Å²) in [6.45, 7) is -0.483. The Kier molecular flexibility index (Phi) is 4.08. The summed E-state index contributed by atoms with van der Waals surface area (Å²) >= 11 is -2.72. The first-order valence-corrected chi connectivity index (χ1v) is 6.72. The molecule has 5 N–H and O–H groups in total. The highest BCUT2D eigenvalue weighted by Gasteiger charge is 2.33. The summed E-state index contributed by atoms with van der Waals surface area (Å²) in [5.41, 5.74) is 1.21. The maximum Gasteiger partial charge on any atom is 0.416 e. The normalized spacial score (nSPS) is 13.3. The van der Waals surface area contributed by atoms with Gasteiger partial charge in [0, 0.05) is 6.54 Å². The standard InChI is InChI=1S/C10H9F3N4O4S/c11-10(12,13)6-2-7-5(1-4(6)3-14)8(18)17(9(19)15-7)16-22(20)21/h1-2,16H,3,14H2,(H,15,19)(H,20,21). The molecule has 2 rings (SSSR count). The van der Waals surface area contributed by atoms with Crippen LogP contribution in [-0.2, 0) is 24.0 Å². The maximum atomic E-state index is 12.9. The quantitative estimate of drug-likeness (QED) is 0.578. The molecule has 120 valence electrons. The average molecular weight is 338 g/mol. The van der Waals surface area contributed by atoms with E-state index in [4.69, 9.17) is 10.3 Å². The van der Waals surface area contributed by atoms with Gasteiger partial charge < -0.3 is 10.7 Å². The van der Waals surface area contributed by atoms with E-state index in [9.17, 15) is 27.0 Å². The van der Waals surface area contributed by atoms with Crippen molar-refractivity contribution in [1.82, 2.24) is 9.66 Å². The predicted molar refractivity (Wildman–Crippen MR) is 71.9 cm³/mol. The van der Waals surface area contributed by atoms with Crippen molar-refractivity contribution < 1.29 is 21.9 Å². The van der Waals surface area contributed by atoms with E-state index in [2.05, 4.69) is 0 Å². The fourth-order valence-corrected chi connectivity index (χ4v) is 2.22. The molecule has 0 aliphatic heterocycles. The maximum absolute atomic E-state index is 12.9. The van der Waals surface area contributed by atoms with Crippen LogP contribution >= 0.6 is 0 Å². The van der Waals surface area contributed by atoms with Gasteiger partial charge in [-0.2, -0.15) is 17.8 Å². The van der Waals surface area contributed by atoms with Gasteiger partial charge in [0.15, 0.2) is 0 Å². The third-order valence-corrected chi connectivity index (χ3v) is 3.16. The van der Waals surface area contributed by atoms with E-state index in [0.29, 0.717) is 6.07 Å². The summed E-state index contributed by atoms with van der Waals surface area (Å²) in [6, 6.07) is 1.48. The van der Waals surface area contributed by atoms with Crippen LogP contribution in [0.25, 0.3) is 10.9 Å². The Balaban J connectivity index is 2.85. The van der Waals surface area contributed by atoms with E-state index in [1.165, 1.54) is 0 Å². The summed E-state index contributed by atoms with van der Waals surface area (Å²) in [4.78, 5) is 27.3. The minimum absolute atomic E-state index is 0.187. The summed E-state index contributed by atoms with van der Waals surface area (Å²) < 4.78 is 58.2. The number of nitrogens with two attached hydrogens (primary N) is 1. The zero-order valence-corrected chi connectivity index (χ0v) is 11.4. The zero-order valence-electron chi connectivity index (χ0n) is 10.6. The Bertz CT molecular complexity index is 873. The van der Waals surface area contributed by atoms with Gasteiger partial charge in [0.05, 0.1) is 16.5 Å². The average Bonchev–Trinajstić information content (AvgIpc) is 2.41. The predicted octanol–water partition coefficient (Wildman–Crippen LogP) is -0.152. The van der Waals surface area contributed by atoms with Crippen LogP contribution < -0.4 is 21.8 Å². The fraction of sp³-hybridized carbons (Fsp3) is 0.200. The van der Waals surface area contributed by atoms with E-state index in [-0.39, 0.29) is 21.1 Å². The number of H-pyrrole nitrogens is 1. The second kappa shape index (κ2) is 5.55. The van der Waals surface area contributed by atoms with Gasteiger partial charge in [-0.1, -0.05) is 0 Å². The number of alkyl halides is 3. The van der Waals surface area contributed by atoms with Crippen molar-refractivity contribution in [2.24, 2.45) is 5.73 Å². The molecule has 1 heterocycles. The van der Waals surface area contributed by atoms with E-state index < -0.39 is 40.8 Å². The lowest BCUT2D eigenvalue weighted by Gasteiger charge is -2.13. The van der Waals surface area contributed by atoms with Crippen molar-refractivity contribution in [2.45, 2.75) is 12.7 Å². The highest BCUT2D eigenvalue weighted by Crippen LogP contribution is 2.33. The van der Waals surface area contributed by atoms with Gasteiger partial charge in [-0.05, 0) is 17.7 Å². The van der Waals surface area contributed by atoms with Gasteiger partial charge in [0.1, 0.15) is 0 Å². The second-order valence-electron chi connectivity index (χ2n) is 4.17. The highest BCUT2D eigenvalue weighted by atomic mass is 32.2. The number of aromatic amines is 1. The molecule has 1 aromatic carbocycles. The number of halogens is 3. The van der Waals surface area contributed by atoms with Crippen LogP contribution in [0.1, 0.15) is 11.1 Å². The Hall–Kier alpha value is -2.18. The number of benzene rings is 1. The second-order valence-corrected chi connectivity index (χ2v) is 4.85. The summed E-state index contributed by atoms with van der Waals surface area (Å²) in [7, 11) is 0. The minimum atomic E-state index is -4.71. The van der Waals surface area contributed by atoms with E-state index in [0.717, 1.165) is 6.07 Å². The van der Waals surface area contributed by atoms with Gasteiger partial charge in [-0.25, -0.2) is 13.8 Å². The number of rotatable bonds is 3. The van der Waals surface area contributed by atoms with Crippen molar-refractivity contribution in [2.75, 3.05) is 4.83 Å².